The zero-order valence-electron chi connectivity index (χ0n) is 15.6. The number of esters is 2. The van der Waals surface area contributed by atoms with Gasteiger partial charge in [0.2, 0.25) is 0 Å². The lowest BCUT2D eigenvalue weighted by Crippen LogP contribution is -2.16. The summed E-state index contributed by atoms with van der Waals surface area (Å²) in [5.41, 5.74) is -0.535. The van der Waals surface area contributed by atoms with Crippen LogP contribution in [0.25, 0.3) is 11.0 Å². The van der Waals surface area contributed by atoms with Crippen molar-refractivity contribution in [2.75, 3.05) is 0 Å². The fourth-order valence-electron chi connectivity index (χ4n) is 2.54. The van der Waals surface area contributed by atoms with Crippen molar-refractivity contribution in [3.8, 4) is 17.2 Å². The van der Waals surface area contributed by atoms with Crippen molar-refractivity contribution in [2.45, 2.75) is 26.9 Å². The van der Waals surface area contributed by atoms with Gasteiger partial charge in [-0.15, -0.1) is 0 Å². The first kappa shape index (κ1) is 19.2. The van der Waals surface area contributed by atoms with E-state index in [2.05, 4.69) is 0 Å². The molecule has 7 heteroatoms. The van der Waals surface area contributed by atoms with E-state index in [-0.39, 0.29) is 28.4 Å². The summed E-state index contributed by atoms with van der Waals surface area (Å²) in [5.74, 6) is -1.65. The van der Waals surface area contributed by atoms with E-state index in [0.717, 1.165) is 6.92 Å². The van der Waals surface area contributed by atoms with Crippen LogP contribution in [0.1, 0.15) is 31.1 Å². The fourth-order valence-corrected chi connectivity index (χ4v) is 2.54. The molecule has 0 bridgehead atoms. The van der Waals surface area contributed by atoms with Crippen molar-refractivity contribution < 1.29 is 28.2 Å². The molecular formula is C21H18O7. The summed E-state index contributed by atoms with van der Waals surface area (Å²) in [6, 6.07) is 13.0. The number of fused-ring (bicyclic) bond motifs is 1. The molecule has 1 heterocycles. The number of benzene rings is 2. The number of carbonyl (C=O) groups excluding carboxylic acids is 2. The summed E-state index contributed by atoms with van der Waals surface area (Å²) in [6.07, 6.45) is -0.0835. The first-order chi connectivity index (χ1) is 13.3. The molecule has 0 amide bonds. The molecule has 0 spiro atoms. The monoisotopic (exact) mass is 382 g/mol. The van der Waals surface area contributed by atoms with Gasteiger partial charge in [-0.3, -0.25) is 4.79 Å². The van der Waals surface area contributed by atoms with Gasteiger partial charge >= 0.3 is 17.6 Å². The summed E-state index contributed by atoms with van der Waals surface area (Å²) in [7, 11) is 0. The van der Waals surface area contributed by atoms with Crippen LogP contribution in [0.4, 0.5) is 0 Å². The maximum atomic E-state index is 12.5. The van der Waals surface area contributed by atoms with Gasteiger partial charge in [0.1, 0.15) is 11.3 Å². The van der Waals surface area contributed by atoms with Crippen molar-refractivity contribution in [3.05, 3.63) is 64.5 Å². The van der Waals surface area contributed by atoms with Crippen LogP contribution in [0.3, 0.4) is 0 Å². The minimum Gasteiger partial charge on any atom is -0.491 e. The van der Waals surface area contributed by atoms with Crippen molar-refractivity contribution in [1.82, 2.24) is 0 Å². The summed E-state index contributed by atoms with van der Waals surface area (Å²) in [4.78, 5) is 36.3. The Morgan fingerprint density at radius 3 is 2.32 bits per heavy atom. The van der Waals surface area contributed by atoms with Gasteiger partial charge in [-0.05, 0) is 38.1 Å². The summed E-state index contributed by atoms with van der Waals surface area (Å²) >= 11 is 0. The van der Waals surface area contributed by atoms with Gasteiger partial charge in [0.25, 0.3) is 5.75 Å². The van der Waals surface area contributed by atoms with E-state index in [1.807, 2.05) is 13.8 Å². The van der Waals surface area contributed by atoms with E-state index in [1.165, 1.54) is 6.07 Å². The molecule has 3 rings (SSSR count). The Bertz CT molecular complexity index is 1080. The van der Waals surface area contributed by atoms with Crippen LogP contribution in [-0.2, 0) is 4.79 Å². The lowest BCUT2D eigenvalue weighted by atomic mass is 10.2. The molecule has 0 aliphatic carbocycles. The maximum Gasteiger partial charge on any atom is 0.383 e. The van der Waals surface area contributed by atoms with Gasteiger partial charge < -0.3 is 18.6 Å². The first-order valence-electron chi connectivity index (χ1n) is 8.58. The van der Waals surface area contributed by atoms with Gasteiger partial charge in [-0.25, -0.2) is 9.59 Å². The minimum atomic E-state index is -0.944. The average Bonchev–Trinajstić information content (AvgIpc) is 2.64. The fraction of sp³-hybridized carbons (Fsp3) is 0.190. The van der Waals surface area contributed by atoms with Crippen molar-refractivity contribution in [2.24, 2.45) is 0 Å². The number of ether oxygens (including phenoxy) is 3. The number of rotatable bonds is 5. The van der Waals surface area contributed by atoms with Crippen LogP contribution < -0.4 is 19.8 Å². The zero-order valence-corrected chi connectivity index (χ0v) is 15.6. The van der Waals surface area contributed by atoms with Gasteiger partial charge in [0, 0.05) is 13.0 Å². The van der Waals surface area contributed by atoms with Gasteiger partial charge in [-0.2, -0.15) is 0 Å². The van der Waals surface area contributed by atoms with E-state index in [9.17, 15) is 14.4 Å². The van der Waals surface area contributed by atoms with Crippen LogP contribution in [0.15, 0.2) is 57.7 Å². The normalized spacial score (nSPS) is 10.7. The third-order valence-electron chi connectivity index (χ3n) is 3.61. The predicted octanol–water partition coefficient (Wildman–Crippen LogP) is 3.72. The summed E-state index contributed by atoms with van der Waals surface area (Å²) in [6.45, 7) is 4.85. The molecule has 7 nitrogen and oxygen atoms in total. The van der Waals surface area contributed by atoms with E-state index in [4.69, 9.17) is 18.6 Å². The molecule has 2 aromatic carbocycles. The van der Waals surface area contributed by atoms with Crippen LogP contribution in [0.2, 0.25) is 0 Å². The number of carbonyl (C=O) groups is 2. The quantitative estimate of drug-likeness (QED) is 0.490. The van der Waals surface area contributed by atoms with Gasteiger partial charge in [0.05, 0.1) is 17.1 Å². The highest BCUT2D eigenvalue weighted by atomic mass is 16.6. The molecule has 3 aromatic rings. The highest BCUT2D eigenvalue weighted by Crippen LogP contribution is 2.35. The second-order valence-corrected chi connectivity index (χ2v) is 6.22. The number of hydrogen-bond acceptors (Lipinski definition) is 7. The Morgan fingerprint density at radius 2 is 1.68 bits per heavy atom. The average molecular weight is 382 g/mol. The predicted molar refractivity (Wildman–Crippen MR) is 101 cm³/mol. The third-order valence-corrected chi connectivity index (χ3v) is 3.61. The molecule has 144 valence electrons. The first-order valence-corrected chi connectivity index (χ1v) is 8.58. The smallest absolute Gasteiger partial charge is 0.383 e. The SMILES string of the molecule is CC(=O)Oc1c(OC(=O)c2ccccc2)c2ccc(OC(C)C)cc2oc1=O. The van der Waals surface area contributed by atoms with Gasteiger partial charge in [0.15, 0.2) is 5.75 Å². The Morgan fingerprint density at radius 1 is 0.964 bits per heavy atom. The second-order valence-electron chi connectivity index (χ2n) is 6.22. The largest absolute Gasteiger partial charge is 0.491 e. The highest BCUT2D eigenvalue weighted by Gasteiger charge is 2.23. The van der Waals surface area contributed by atoms with Crippen molar-refractivity contribution in [1.29, 1.82) is 0 Å². The van der Waals surface area contributed by atoms with Crippen LogP contribution >= 0.6 is 0 Å². The molecule has 0 N–H and O–H groups in total. The van der Waals surface area contributed by atoms with Crippen molar-refractivity contribution >= 4 is 22.9 Å². The molecule has 28 heavy (non-hydrogen) atoms. The molecule has 0 aliphatic heterocycles. The summed E-state index contributed by atoms with van der Waals surface area (Å²) < 4.78 is 21.2. The molecule has 0 fully saturated rings. The van der Waals surface area contributed by atoms with E-state index >= 15 is 0 Å². The van der Waals surface area contributed by atoms with Crippen LogP contribution in [0, 0.1) is 0 Å². The van der Waals surface area contributed by atoms with E-state index in [0.29, 0.717) is 5.75 Å². The Labute approximate surface area is 160 Å². The lowest BCUT2D eigenvalue weighted by molar-refractivity contribution is -0.132. The Kier molecular flexibility index (Phi) is 5.44. The van der Waals surface area contributed by atoms with E-state index < -0.39 is 23.3 Å². The zero-order chi connectivity index (χ0) is 20.3. The Hall–Kier alpha value is -3.61. The highest BCUT2D eigenvalue weighted by molar-refractivity contribution is 5.95. The molecule has 0 saturated carbocycles. The third kappa shape index (κ3) is 4.20. The molecule has 0 aliphatic rings. The molecular weight excluding hydrogens is 364 g/mol. The molecule has 0 unspecified atom stereocenters. The van der Waals surface area contributed by atoms with E-state index in [1.54, 1.807) is 42.5 Å². The van der Waals surface area contributed by atoms with Crippen LogP contribution in [0.5, 0.6) is 17.2 Å². The van der Waals surface area contributed by atoms with Crippen molar-refractivity contribution in [3.63, 3.8) is 0 Å². The van der Waals surface area contributed by atoms with Crippen LogP contribution in [-0.4, -0.2) is 18.0 Å². The molecule has 0 saturated heterocycles. The summed E-state index contributed by atoms with van der Waals surface area (Å²) in [5, 5.41) is 0.288. The standard InChI is InChI=1S/C21H18O7/c1-12(2)25-15-9-10-16-17(11-15)27-21(24)19(26-13(3)22)18(16)28-20(23)14-7-5-4-6-8-14/h4-12H,1-3H3. The molecule has 0 atom stereocenters. The topological polar surface area (TPSA) is 92.0 Å². The Balaban J connectivity index is 2.13. The minimum absolute atomic E-state index is 0.0835. The lowest BCUT2D eigenvalue weighted by Gasteiger charge is -2.13. The maximum absolute atomic E-state index is 12.5. The number of hydrogen-bond donors (Lipinski definition) is 0. The second kappa shape index (κ2) is 7.96. The molecule has 1 aromatic heterocycles. The molecule has 0 radical (unpaired) electrons. The van der Waals surface area contributed by atoms with Gasteiger partial charge in [-0.1, -0.05) is 18.2 Å².